The zero-order valence-electron chi connectivity index (χ0n) is 14.0. The molecule has 26 heavy (non-hydrogen) atoms. The lowest BCUT2D eigenvalue weighted by molar-refractivity contribution is -0.113. The Hall–Kier alpha value is -2.36. The molecule has 1 amide bonds. The van der Waals surface area contributed by atoms with E-state index in [0.29, 0.717) is 26.8 Å². The molecule has 0 radical (unpaired) electrons. The van der Waals surface area contributed by atoms with E-state index in [1.165, 1.54) is 15.9 Å². The van der Waals surface area contributed by atoms with E-state index in [2.05, 4.69) is 10.3 Å². The van der Waals surface area contributed by atoms with Gasteiger partial charge >= 0.3 is 0 Å². The fraction of sp³-hybridized carbons (Fsp3) is 0.235. The molecular weight excluding hydrogens is 374 g/mol. The highest BCUT2D eigenvalue weighted by Gasteiger charge is 2.14. The number of aromatic nitrogens is 2. The number of aliphatic hydroxyl groups excluding tert-OH is 1. The first-order valence-corrected chi connectivity index (χ1v) is 9.64. The number of hydrogen-bond donors (Lipinski definition) is 2. The van der Waals surface area contributed by atoms with E-state index in [1.54, 1.807) is 42.8 Å². The molecule has 0 aliphatic rings. The van der Waals surface area contributed by atoms with Crippen LogP contribution >= 0.6 is 23.1 Å². The van der Waals surface area contributed by atoms with Crippen LogP contribution in [0, 0.1) is 0 Å². The Morgan fingerprint density at radius 3 is 3.04 bits per heavy atom. The summed E-state index contributed by atoms with van der Waals surface area (Å²) in [6, 6.07) is 8.83. The summed E-state index contributed by atoms with van der Waals surface area (Å²) in [6.07, 6.45) is 0. The number of carbonyl (C=O) groups excluding carboxylic acids is 1. The van der Waals surface area contributed by atoms with Gasteiger partial charge in [-0.25, -0.2) is 4.98 Å². The van der Waals surface area contributed by atoms with Gasteiger partial charge in [-0.15, -0.1) is 11.3 Å². The van der Waals surface area contributed by atoms with E-state index in [0.717, 1.165) is 11.8 Å². The predicted octanol–water partition coefficient (Wildman–Crippen LogP) is 2.19. The number of fused-ring (bicyclic) bond motifs is 1. The maximum atomic E-state index is 12.5. The van der Waals surface area contributed by atoms with Crippen molar-refractivity contribution in [2.75, 3.05) is 24.8 Å². The van der Waals surface area contributed by atoms with Crippen molar-refractivity contribution >= 4 is 44.9 Å². The van der Waals surface area contributed by atoms with E-state index in [4.69, 9.17) is 4.74 Å². The zero-order valence-corrected chi connectivity index (χ0v) is 15.6. The van der Waals surface area contributed by atoms with Crippen LogP contribution in [0.5, 0.6) is 5.75 Å². The monoisotopic (exact) mass is 391 g/mol. The maximum absolute atomic E-state index is 12.5. The van der Waals surface area contributed by atoms with Crippen molar-refractivity contribution in [3.8, 4) is 5.75 Å². The van der Waals surface area contributed by atoms with Crippen molar-refractivity contribution in [1.82, 2.24) is 9.55 Å². The highest BCUT2D eigenvalue weighted by molar-refractivity contribution is 7.99. The molecule has 0 fully saturated rings. The van der Waals surface area contributed by atoms with Crippen LogP contribution in [0.2, 0.25) is 0 Å². The van der Waals surface area contributed by atoms with Gasteiger partial charge in [-0.05, 0) is 23.6 Å². The van der Waals surface area contributed by atoms with Crippen molar-refractivity contribution < 1.29 is 14.6 Å². The Balaban J connectivity index is 1.75. The number of hydrogen-bond acceptors (Lipinski definition) is 7. The third kappa shape index (κ3) is 4.06. The molecule has 9 heteroatoms. The number of methoxy groups -OCH3 is 1. The van der Waals surface area contributed by atoms with Crippen LogP contribution in [0.1, 0.15) is 0 Å². The number of thiophene rings is 1. The molecule has 0 unspecified atom stereocenters. The van der Waals surface area contributed by atoms with Gasteiger partial charge in [0.1, 0.15) is 10.4 Å². The van der Waals surface area contributed by atoms with Crippen LogP contribution in [-0.4, -0.2) is 40.0 Å². The standard InChI is InChI=1S/C17H17N3O4S2/c1-24-12-4-2-3-11(9-12)18-14(22)10-26-17-19-13-5-8-25-15(13)16(23)20(17)6-7-21/h2-5,8-9,21H,6-7,10H2,1H3,(H,18,22). The number of ether oxygens (including phenoxy) is 1. The van der Waals surface area contributed by atoms with E-state index in [-0.39, 0.29) is 30.4 Å². The van der Waals surface area contributed by atoms with E-state index >= 15 is 0 Å². The third-order valence-electron chi connectivity index (χ3n) is 3.54. The molecule has 2 heterocycles. The molecule has 0 saturated heterocycles. The number of nitrogens with one attached hydrogen (secondary N) is 1. The zero-order chi connectivity index (χ0) is 18.5. The molecule has 0 spiro atoms. The summed E-state index contributed by atoms with van der Waals surface area (Å²) in [7, 11) is 1.56. The Kier molecular flexibility index (Phi) is 5.92. The molecule has 3 aromatic rings. The van der Waals surface area contributed by atoms with Gasteiger partial charge in [0, 0.05) is 11.8 Å². The van der Waals surface area contributed by atoms with Gasteiger partial charge in [-0.2, -0.15) is 0 Å². The van der Waals surface area contributed by atoms with Crippen LogP contribution < -0.4 is 15.6 Å². The number of thioether (sulfide) groups is 1. The SMILES string of the molecule is COc1cccc(NC(=O)CSc2nc3ccsc3c(=O)n2CCO)c1. The van der Waals surface area contributed by atoms with Crippen molar-refractivity contribution in [3.05, 3.63) is 46.1 Å². The summed E-state index contributed by atoms with van der Waals surface area (Å²) < 4.78 is 7.08. The molecule has 0 saturated carbocycles. The van der Waals surface area contributed by atoms with Gasteiger partial charge in [0.15, 0.2) is 5.16 Å². The summed E-state index contributed by atoms with van der Waals surface area (Å²) in [5, 5.41) is 14.2. The minimum atomic E-state index is -0.224. The van der Waals surface area contributed by atoms with Crippen molar-refractivity contribution in [2.24, 2.45) is 0 Å². The predicted molar refractivity (Wildman–Crippen MR) is 103 cm³/mol. The van der Waals surface area contributed by atoms with Gasteiger partial charge in [-0.1, -0.05) is 17.8 Å². The van der Waals surface area contributed by atoms with Gasteiger partial charge in [0.2, 0.25) is 5.91 Å². The average molecular weight is 391 g/mol. The van der Waals surface area contributed by atoms with Crippen LogP contribution in [0.4, 0.5) is 5.69 Å². The molecule has 2 N–H and O–H groups in total. The molecule has 3 rings (SSSR count). The maximum Gasteiger partial charge on any atom is 0.272 e. The van der Waals surface area contributed by atoms with Crippen LogP contribution in [0.3, 0.4) is 0 Å². The summed E-state index contributed by atoms with van der Waals surface area (Å²) in [5.74, 6) is 0.514. The Morgan fingerprint density at radius 2 is 2.27 bits per heavy atom. The van der Waals surface area contributed by atoms with Crippen LogP contribution in [0.25, 0.3) is 10.2 Å². The first kappa shape index (κ1) is 18.4. The molecule has 1 aromatic carbocycles. The van der Waals surface area contributed by atoms with Crippen molar-refractivity contribution in [1.29, 1.82) is 0 Å². The normalized spacial score (nSPS) is 10.8. The second kappa shape index (κ2) is 8.35. The van der Waals surface area contributed by atoms with Gasteiger partial charge in [0.25, 0.3) is 5.56 Å². The summed E-state index contributed by atoms with van der Waals surface area (Å²) in [6.45, 7) is -0.0401. The number of anilines is 1. The Labute approximate surface area is 157 Å². The second-order valence-electron chi connectivity index (χ2n) is 5.28. The first-order chi connectivity index (χ1) is 12.6. The summed E-state index contributed by atoms with van der Waals surface area (Å²) in [5.41, 5.74) is 1.03. The number of benzene rings is 1. The number of aliphatic hydroxyl groups is 1. The van der Waals surface area contributed by atoms with Gasteiger partial charge < -0.3 is 15.2 Å². The van der Waals surface area contributed by atoms with E-state index in [9.17, 15) is 14.7 Å². The largest absolute Gasteiger partial charge is 0.497 e. The lowest BCUT2D eigenvalue weighted by Gasteiger charge is -2.11. The number of rotatable bonds is 7. The molecule has 0 aliphatic heterocycles. The number of amides is 1. The highest BCUT2D eigenvalue weighted by Crippen LogP contribution is 2.22. The fourth-order valence-corrected chi connectivity index (χ4v) is 3.96. The Bertz CT molecular complexity index is 984. The highest BCUT2D eigenvalue weighted by atomic mass is 32.2. The lowest BCUT2D eigenvalue weighted by atomic mass is 10.3. The van der Waals surface area contributed by atoms with Gasteiger partial charge in [-0.3, -0.25) is 14.2 Å². The molecular formula is C17H17N3O4S2. The smallest absolute Gasteiger partial charge is 0.272 e. The molecule has 0 aliphatic carbocycles. The summed E-state index contributed by atoms with van der Waals surface area (Å²) in [4.78, 5) is 29.2. The molecule has 0 atom stereocenters. The van der Waals surface area contributed by atoms with Gasteiger partial charge in [0.05, 0.1) is 31.5 Å². The molecule has 0 bridgehead atoms. The second-order valence-corrected chi connectivity index (χ2v) is 7.14. The topological polar surface area (TPSA) is 93.5 Å². The molecule has 7 nitrogen and oxygen atoms in total. The van der Waals surface area contributed by atoms with Crippen molar-refractivity contribution in [3.63, 3.8) is 0 Å². The lowest BCUT2D eigenvalue weighted by Crippen LogP contribution is -2.25. The summed E-state index contributed by atoms with van der Waals surface area (Å²) >= 11 is 2.47. The molecule has 136 valence electrons. The minimum absolute atomic E-state index is 0.0880. The average Bonchev–Trinajstić information content (AvgIpc) is 3.11. The van der Waals surface area contributed by atoms with E-state index < -0.39 is 0 Å². The van der Waals surface area contributed by atoms with Crippen LogP contribution in [0.15, 0.2) is 45.7 Å². The van der Waals surface area contributed by atoms with Crippen molar-refractivity contribution in [2.45, 2.75) is 11.7 Å². The Morgan fingerprint density at radius 1 is 1.42 bits per heavy atom. The van der Waals surface area contributed by atoms with E-state index in [1.807, 2.05) is 0 Å². The quantitative estimate of drug-likeness (QED) is 0.474. The van der Waals surface area contributed by atoms with Crippen LogP contribution in [-0.2, 0) is 11.3 Å². The number of nitrogens with zero attached hydrogens (tertiary/aromatic N) is 2. The fourth-order valence-electron chi connectivity index (χ4n) is 2.36. The molecule has 2 aromatic heterocycles. The number of carbonyl (C=O) groups is 1. The third-order valence-corrected chi connectivity index (χ3v) is 5.41. The minimum Gasteiger partial charge on any atom is -0.497 e. The first-order valence-electron chi connectivity index (χ1n) is 7.78.